The Morgan fingerprint density at radius 1 is 1.19 bits per heavy atom. The molecule has 0 atom stereocenters. The second-order valence-electron chi connectivity index (χ2n) is 7.17. The van der Waals surface area contributed by atoms with Crippen molar-refractivity contribution in [1.29, 1.82) is 0 Å². The van der Waals surface area contributed by atoms with Crippen LogP contribution < -0.4 is 25.5 Å². The van der Waals surface area contributed by atoms with Crippen molar-refractivity contribution in [2.24, 2.45) is 0 Å². The van der Waals surface area contributed by atoms with Gasteiger partial charge >= 0.3 is 11.6 Å². The predicted octanol–water partition coefficient (Wildman–Crippen LogP) is 1.96. The van der Waals surface area contributed by atoms with Gasteiger partial charge in [0.15, 0.2) is 11.5 Å². The number of fused-ring (bicyclic) bond motifs is 2. The molecule has 0 saturated carbocycles. The number of aryl methyl sites for hydroxylation is 1. The molecule has 10 heteroatoms. The molecule has 8 nitrogen and oxygen atoms in total. The zero-order valence-corrected chi connectivity index (χ0v) is 18.9. The average molecular weight is 482 g/mol. The Morgan fingerprint density at radius 2 is 1.94 bits per heavy atom. The number of hydrogen-bond acceptors (Lipinski definition) is 7. The number of quaternary nitrogens is 1. The summed E-state index contributed by atoms with van der Waals surface area (Å²) in [7, 11) is 1.25. The number of nitrogens with two attached hydrogens (primary N) is 1. The normalized spacial score (nSPS) is 12.0. The van der Waals surface area contributed by atoms with Crippen LogP contribution in [0.4, 0.5) is 0 Å². The second-order valence-corrected chi connectivity index (χ2v) is 7.58. The molecule has 0 fully saturated rings. The molecule has 1 aliphatic heterocycles. The Labute approximate surface area is 194 Å². The van der Waals surface area contributed by atoms with Crippen molar-refractivity contribution in [3.05, 3.63) is 62.0 Å². The first-order valence-corrected chi connectivity index (χ1v) is 9.98. The zero-order chi connectivity index (χ0) is 22.1. The molecule has 0 amide bonds. The van der Waals surface area contributed by atoms with E-state index in [0.29, 0.717) is 34.6 Å². The van der Waals surface area contributed by atoms with Crippen LogP contribution in [0.1, 0.15) is 22.3 Å². The van der Waals surface area contributed by atoms with E-state index in [1.165, 1.54) is 13.2 Å². The fourth-order valence-corrected chi connectivity index (χ4v) is 3.81. The minimum Gasteiger partial charge on any atom is -0.871 e. The first-order chi connectivity index (χ1) is 14.9. The lowest BCUT2D eigenvalue weighted by Crippen LogP contribution is -2.80. The van der Waals surface area contributed by atoms with Crippen LogP contribution in [0.2, 0.25) is 5.02 Å². The number of carbonyl (C=O) groups is 1. The lowest BCUT2D eigenvalue weighted by Gasteiger charge is -2.18. The van der Waals surface area contributed by atoms with E-state index in [1.54, 1.807) is 6.92 Å². The molecule has 2 N–H and O–H groups in total. The van der Waals surface area contributed by atoms with Crippen LogP contribution in [0.15, 0.2) is 33.5 Å². The summed E-state index contributed by atoms with van der Waals surface area (Å²) in [4.78, 5) is 24.2. The molecule has 0 radical (unpaired) electrons. The molecule has 0 unspecified atom stereocenters. The molecule has 1 aliphatic rings. The van der Waals surface area contributed by atoms with Crippen LogP contribution in [-0.2, 0) is 29.0 Å². The van der Waals surface area contributed by atoms with E-state index in [4.69, 9.17) is 25.5 Å². The van der Waals surface area contributed by atoms with Crippen molar-refractivity contribution < 1.29 is 33.8 Å². The molecule has 2 heterocycles. The fourth-order valence-electron chi connectivity index (χ4n) is 3.59. The maximum atomic E-state index is 12.7. The third-order valence-electron chi connectivity index (χ3n) is 5.29. The van der Waals surface area contributed by atoms with E-state index in [0.717, 1.165) is 5.56 Å². The number of methoxy groups -OCH3 is 1. The minimum atomic E-state index is -0.672. The number of rotatable bonds is 6. The molecule has 4 rings (SSSR count). The molecule has 0 bridgehead atoms. The molecule has 2 aromatic carbocycles. The summed E-state index contributed by atoms with van der Waals surface area (Å²) in [5.74, 6) is 0.438. The lowest BCUT2D eigenvalue weighted by atomic mass is 10.0. The number of benzene rings is 2. The van der Waals surface area contributed by atoms with E-state index in [2.05, 4.69) is 4.74 Å². The smallest absolute Gasteiger partial charge is 0.340 e. The Balaban J connectivity index is 0.00000289. The quantitative estimate of drug-likeness (QED) is 0.422. The summed E-state index contributed by atoms with van der Waals surface area (Å²) in [5.41, 5.74) is 1.52. The third-order valence-corrected chi connectivity index (χ3v) is 5.57. The number of halogens is 2. The molecule has 0 saturated heterocycles. The number of esters is 1. The summed E-state index contributed by atoms with van der Waals surface area (Å²) < 4.78 is 20.8. The molecular formula is C22H21Cl2NO7. The van der Waals surface area contributed by atoms with Crippen molar-refractivity contribution in [1.82, 2.24) is 0 Å². The Morgan fingerprint density at radius 3 is 2.69 bits per heavy atom. The highest BCUT2D eigenvalue weighted by Crippen LogP contribution is 2.34. The Hall–Kier alpha value is -2.94. The van der Waals surface area contributed by atoms with Gasteiger partial charge in [0, 0.05) is 21.5 Å². The van der Waals surface area contributed by atoms with E-state index in [-0.39, 0.29) is 54.1 Å². The average Bonchev–Trinajstić information content (AvgIpc) is 3.22. The molecule has 32 heavy (non-hydrogen) atoms. The van der Waals surface area contributed by atoms with Crippen molar-refractivity contribution in [3.63, 3.8) is 0 Å². The van der Waals surface area contributed by atoms with Crippen LogP contribution in [0.3, 0.4) is 0 Å². The van der Waals surface area contributed by atoms with Gasteiger partial charge in [0.25, 0.3) is 0 Å². The highest BCUT2D eigenvalue weighted by molar-refractivity contribution is 6.33. The summed E-state index contributed by atoms with van der Waals surface area (Å²) in [5, 5.41) is 15.1. The van der Waals surface area contributed by atoms with Crippen LogP contribution in [-0.4, -0.2) is 19.9 Å². The Bertz CT molecular complexity index is 1240. The van der Waals surface area contributed by atoms with Gasteiger partial charge in [0.1, 0.15) is 18.7 Å². The van der Waals surface area contributed by atoms with Crippen molar-refractivity contribution in [2.45, 2.75) is 26.4 Å². The summed E-state index contributed by atoms with van der Waals surface area (Å²) in [6.07, 6.45) is -0.219. The maximum absolute atomic E-state index is 12.7. The van der Waals surface area contributed by atoms with Crippen molar-refractivity contribution in [2.75, 3.05) is 13.9 Å². The third kappa shape index (κ3) is 4.48. The van der Waals surface area contributed by atoms with Crippen LogP contribution in [0.5, 0.6) is 17.2 Å². The van der Waals surface area contributed by atoms with Gasteiger partial charge in [0.2, 0.25) is 6.79 Å². The number of carbonyl (C=O) groups excluding carboxylic acids is 1. The van der Waals surface area contributed by atoms with Gasteiger partial charge in [0.05, 0.1) is 19.1 Å². The summed E-state index contributed by atoms with van der Waals surface area (Å²) >= 11 is 6.18. The van der Waals surface area contributed by atoms with E-state index in [9.17, 15) is 14.7 Å². The van der Waals surface area contributed by atoms with E-state index < -0.39 is 11.6 Å². The standard InChI is InChI=1S/C22H20ClNO7.ClH/c1-11-13-6-16(23)20(26)15(21(13)31-22(27)14(11)7-19(25)28-2)9-24-8-12-3-4-17-18(5-12)30-10-29-17;/h3-6,24,26H,7-10H2,1-2H3;1H. The van der Waals surface area contributed by atoms with Gasteiger partial charge in [-0.1, -0.05) is 17.4 Å². The van der Waals surface area contributed by atoms with Crippen LogP contribution in [0, 0.1) is 6.92 Å². The van der Waals surface area contributed by atoms with E-state index >= 15 is 0 Å². The zero-order valence-electron chi connectivity index (χ0n) is 17.4. The van der Waals surface area contributed by atoms with Gasteiger partial charge in [-0.25, -0.2) is 4.79 Å². The topological polar surface area (TPSA) is 115 Å². The minimum absolute atomic E-state index is 0. The van der Waals surface area contributed by atoms with E-state index in [1.807, 2.05) is 23.5 Å². The first kappa shape index (κ1) is 23.7. The summed E-state index contributed by atoms with van der Waals surface area (Å²) in [6.45, 7) is 2.71. The second kappa shape index (κ2) is 9.68. The lowest BCUT2D eigenvalue weighted by molar-refractivity contribution is -0.686. The highest BCUT2D eigenvalue weighted by Gasteiger charge is 2.19. The van der Waals surface area contributed by atoms with Gasteiger partial charge in [-0.05, 0) is 36.8 Å². The SMILES string of the molecule is COC(=O)Cc1c(C)c2cc(Cl)c([O-])c(C[NH2+]Cc3ccc4c(c3)OCO4)c2oc1=O.Cl. The number of ether oxygens (including phenoxy) is 3. The molecule has 3 aromatic rings. The largest absolute Gasteiger partial charge is 0.871 e. The molecule has 170 valence electrons. The fraction of sp³-hybridized carbons (Fsp3) is 0.273. The molecule has 0 aliphatic carbocycles. The van der Waals surface area contributed by atoms with Crippen LogP contribution in [0.25, 0.3) is 11.0 Å². The predicted molar refractivity (Wildman–Crippen MR) is 117 cm³/mol. The van der Waals surface area contributed by atoms with Crippen molar-refractivity contribution in [3.8, 4) is 17.2 Å². The highest BCUT2D eigenvalue weighted by atomic mass is 35.5. The summed E-state index contributed by atoms with van der Waals surface area (Å²) in [6, 6.07) is 7.11. The van der Waals surface area contributed by atoms with Crippen LogP contribution >= 0.6 is 24.0 Å². The van der Waals surface area contributed by atoms with Gasteiger partial charge < -0.3 is 29.1 Å². The Kier molecular flexibility index (Phi) is 7.18. The van der Waals surface area contributed by atoms with Crippen molar-refractivity contribution >= 4 is 40.9 Å². The number of hydrogen-bond donors (Lipinski definition) is 1. The first-order valence-electron chi connectivity index (χ1n) is 9.60. The maximum Gasteiger partial charge on any atom is 0.340 e. The monoisotopic (exact) mass is 481 g/mol. The molecule has 1 aromatic heterocycles. The molecular weight excluding hydrogens is 461 g/mol. The van der Waals surface area contributed by atoms with Gasteiger partial charge in [-0.15, -0.1) is 12.4 Å². The van der Waals surface area contributed by atoms with Gasteiger partial charge in [-0.2, -0.15) is 0 Å². The molecule has 0 spiro atoms. The van der Waals surface area contributed by atoms with Gasteiger partial charge in [-0.3, -0.25) is 4.79 Å².